The second-order valence-electron chi connectivity index (χ2n) is 8.41. The summed E-state index contributed by atoms with van der Waals surface area (Å²) in [6.45, 7) is 3.47. The summed E-state index contributed by atoms with van der Waals surface area (Å²) in [5.41, 5.74) is 2.58. The second kappa shape index (κ2) is 11.1. The smallest absolute Gasteiger partial charge is 0.270 e. The predicted octanol–water partition coefficient (Wildman–Crippen LogP) is 4.81. The fourth-order valence-electron chi connectivity index (χ4n) is 4.19. The first-order chi connectivity index (χ1) is 16.5. The average molecular weight is 536 g/mol. The van der Waals surface area contributed by atoms with Crippen LogP contribution in [0.15, 0.2) is 42.5 Å². The molecular formula is C25H27Cl2N3O4S. The number of morpholine rings is 1. The van der Waals surface area contributed by atoms with Gasteiger partial charge in [-0.1, -0.05) is 23.7 Å². The summed E-state index contributed by atoms with van der Waals surface area (Å²) in [6.07, 6.45) is 0.713. The standard InChI is InChI=1S/C25H26ClN3O4S.ClH/c1-28-11-12-32-19(14-28)15-33-21-8-7-18(13-22(21)31-2)29-10-9-20-23(25(29)30)34-24(27-20)16-3-5-17(26)6-4-16;/h3-8,13,19H,9-12,14-15H2,1-2H3;1H. The molecule has 0 aliphatic carbocycles. The largest absolute Gasteiger partial charge is 0.493 e. The molecule has 3 heterocycles. The summed E-state index contributed by atoms with van der Waals surface area (Å²) in [7, 11) is 3.68. The molecule has 1 fully saturated rings. The lowest BCUT2D eigenvalue weighted by atomic mass is 10.1. The van der Waals surface area contributed by atoms with Crippen molar-refractivity contribution < 1.29 is 19.0 Å². The van der Waals surface area contributed by atoms with E-state index < -0.39 is 0 Å². The molecule has 1 unspecified atom stereocenters. The van der Waals surface area contributed by atoms with Gasteiger partial charge in [-0.3, -0.25) is 4.79 Å². The van der Waals surface area contributed by atoms with E-state index >= 15 is 0 Å². The zero-order valence-corrected chi connectivity index (χ0v) is 21.9. The first-order valence-electron chi connectivity index (χ1n) is 11.2. The molecule has 3 aromatic rings. The van der Waals surface area contributed by atoms with Gasteiger partial charge < -0.3 is 24.0 Å². The van der Waals surface area contributed by atoms with Gasteiger partial charge in [-0.25, -0.2) is 4.98 Å². The van der Waals surface area contributed by atoms with Gasteiger partial charge in [-0.2, -0.15) is 0 Å². The predicted molar refractivity (Wildman–Crippen MR) is 141 cm³/mol. The van der Waals surface area contributed by atoms with Crippen molar-refractivity contribution in [1.29, 1.82) is 0 Å². The highest BCUT2D eigenvalue weighted by molar-refractivity contribution is 7.17. The van der Waals surface area contributed by atoms with Crippen molar-refractivity contribution in [3.8, 4) is 22.1 Å². The van der Waals surface area contributed by atoms with Crippen LogP contribution in [0.1, 0.15) is 15.4 Å². The van der Waals surface area contributed by atoms with Crippen LogP contribution in [0.3, 0.4) is 0 Å². The van der Waals surface area contributed by atoms with Crippen molar-refractivity contribution in [2.24, 2.45) is 0 Å². The highest BCUT2D eigenvalue weighted by Gasteiger charge is 2.30. The molecule has 7 nitrogen and oxygen atoms in total. The summed E-state index contributed by atoms with van der Waals surface area (Å²) >= 11 is 7.42. The monoisotopic (exact) mass is 535 g/mol. The topological polar surface area (TPSA) is 64.1 Å². The Hall–Kier alpha value is -2.36. The molecule has 10 heteroatoms. The van der Waals surface area contributed by atoms with E-state index in [9.17, 15) is 4.79 Å². The summed E-state index contributed by atoms with van der Waals surface area (Å²) in [5, 5.41) is 1.50. The molecule has 2 aliphatic heterocycles. The zero-order chi connectivity index (χ0) is 23.7. The third kappa shape index (κ3) is 5.57. The number of carbonyl (C=O) groups is 1. The number of benzene rings is 2. The number of carbonyl (C=O) groups excluding carboxylic acids is 1. The van der Waals surface area contributed by atoms with Gasteiger partial charge in [-0.15, -0.1) is 23.7 Å². The maximum Gasteiger partial charge on any atom is 0.270 e. The van der Waals surface area contributed by atoms with Gasteiger partial charge >= 0.3 is 0 Å². The number of fused-ring (bicyclic) bond motifs is 1. The van der Waals surface area contributed by atoms with Gasteiger partial charge in [0.2, 0.25) is 0 Å². The van der Waals surface area contributed by atoms with Crippen molar-refractivity contribution in [2.45, 2.75) is 12.5 Å². The molecule has 186 valence electrons. The number of likely N-dealkylation sites (N-methyl/N-ethyl adjacent to an activating group) is 1. The van der Waals surface area contributed by atoms with E-state index in [1.165, 1.54) is 11.3 Å². The Bertz CT molecular complexity index is 1190. The van der Waals surface area contributed by atoms with E-state index in [0.717, 1.165) is 35.0 Å². The number of hydrogen-bond acceptors (Lipinski definition) is 7. The molecule has 1 atom stereocenters. The molecule has 0 radical (unpaired) electrons. The Morgan fingerprint density at radius 1 is 1.17 bits per heavy atom. The lowest BCUT2D eigenvalue weighted by Crippen LogP contribution is -2.42. The van der Waals surface area contributed by atoms with Crippen molar-refractivity contribution in [3.05, 3.63) is 58.1 Å². The van der Waals surface area contributed by atoms with E-state index in [2.05, 4.69) is 11.9 Å². The van der Waals surface area contributed by atoms with Gasteiger partial charge in [0.1, 0.15) is 22.6 Å². The summed E-state index contributed by atoms with van der Waals surface area (Å²) in [6, 6.07) is 13.1. The molecule has 5 rings (SSSR count). The van der Waals surface area contributed by atoms with Crippen LogP contribution in [0.5, 0.6) is 11.5 Å². The summed E-state index contributed by atoms with van der Waals surface area (Å²) < 4.78 is 17.4. The Balaban J connectivity index is 0.00000289. The minimum atomic E-state index is -0.0478. The number of aromatic nitrogens is 1. The van der Waals surface area contributed by atoms with E-state index in [0.29, 0.717) is 47.6 Å². The molecule has 35 heavy (non-hydrogen) atoms. The minimum absolute atomic E-state index is 0. The quantitative estimate of drug-likeness (QED) is 0.451. The van der Waals surface area contributed by atoms with Gasteiger partial charge in [0.25, 0.3) is 5.91 Å². The molecule has 2 aromatic carbocycles. The third-order valence-electron chi connectivity index (χ3n) is 6.03. The molecule has 0 saturated carbocycles. The Morgan fingerprint density at radius 3 is 2.71 bits per heavy atom. The number of ether oxygens (including phenoxy) is 3. The van der Waals surface area contributed by atoms with Gasteiger partial charge in [0, 0.05) is 48.4 Å². The Morgan fingerprint density at radius 2 is 1.97 bits per heavy atom. The molecular weight excluding hydrogens is 509 g/mol. The van der Waals surface area contributed by atoms with Crippen LogP contribution in [-0.2, 0) is 11.2 Å². The first kappa shape index (κ1) is 25.7. The zero-order valence-electron chi connectivity index (χ0n) is 19.5. The SMILES string of the molecule is COc1cc(N2CCc3nc(-c4ccc(Cl)cc4)sc3C2=O)ccc1OCC1CN(C)CCO1.Cl. The number of methoxy groups -OCH3 is 1. The molecule has 2 aliphatic rings. The number of thiazole rings is 1. The number of nitrogens with zero attached hydrogens (tertiary/aromatic N) is 3. The summed E-state index contributed by atoms with van der Waals surface area (Å²) in [5.74, 6) is 1.18. The van der Waals surface area contributed by atoms with Crippen molar-refractivity contribution >= 4 is 46.9 Å². The summed E-state index contributed by atoms with van der Waals surface area (Å²) in [4.78, 5) is 22.7. The van der Waals surface area contributed by atoms with Crippen LogP contribution in [-0.4, -0.2) is 68.9 Å². The minimum Gasteiger partial charge on any atom is -0.493 e. The fourth-order valence-corrected chi connectivity index (χ4v) is 5.38. The Labute approximate surface area is 220 Å². The normalized spacial score (nSPS) is 18.1. The third-order valence-corrected chi connectivity index (χ3v) is 7.41. The van der Waals surface area contributed by atoms with Gasteiger partial charge in [0.05, 0.1) is 19.4 Å². The number of anilines is 1. The molecule has 0 bridgehead atoms. The highest BCUT2D eigenvalue weighted by Crippen LogP contribution is 2.37. The van der Waals surface area contributed by atoms with Crippen molar-refractivity contribution in [1.82, 2.24) is 9.88 Å². The number of hydrogen-bond donors (Lipinski definition) is 0. The maximum atomic E-state index is 13.3. The molecule has 1 aromatic heterocycles. The van der Waals surface area contributed by atoms with Crippen LogP contribution >= 0.6 is 35.3 Å². The average Bonchev–Trinajstić information content (AvgIpc) is 3.29. The number of amides is 1. The fraction of sp³-hybridized carbons (Fsp3) is 0.360. The number of halogens is 2. The number of rotatable bonds is 6. The van der Waals surface area contributed by atoms with Crippen molar-refractivity contribution in [2.75, 3.05) is 51.9 Å². The Kier molecular flexibility index (Phi) is 8.19. The molecule has 1 saturated heterocycles. The van der Waals surface area contributed by atoms with E-state index in [1.54, 1.807) is 12.0 Å². The van der Waals surface area contributed by atoms with Crippen LogP contribution in [0.2, 0.25) is 5.02 Å². The van der Waals surface area contributed by atoms with Crippen LogP contribution < -0.4 is 14.4 Å². The van der Waals surface area contributed by atoms with E-state index in [1.807, 2.05) is 42.5 Å². The molecule has 0 N–H and O–H groups in total. The maximum absolute atomic E-state index is 13.3. The van der Waals surface area contributed by atoms with Crippen LogP contribution in [0.25, 0.3) is 10.6 Å². The highest BCUT2D eigenvalue weighted by atomic mass is 35.5. The van der Waals surface area contributed by atoms with E-state index in [4.69, 9.17) is 30.8 Å². The van der Waals surface area contributed by atoms with E-state index in [-0.39, 0.29) is 24.4 Å². The first-order valence-corrected chi connectivity index (χ1v) is 12.4. The van der Waals surface area contributed by atoms with Crippen LogP contribution in [0.4, 0.5) is 5.69 Å². The molecule has 1 amide bonds. The lowest BCUT2D eigenvalue weighted by Gasteiger charge is -2.30. The van der Waals surface area contributed by atoms with Gasteiger partial charge in [-0.05, 0) is 31.3 Å². The van der Waals surface area contributed by atoms with Gasteiger partial charge in [0.15, 0.2) is 11.5 Å². The lowest BCUT2D eigenvalue weighted by molar-refractivity contribution is -0.0406. The second-order valence-corrected chi connectivity index (χ2v) is 9.85. The van der Waals surface area contributed by atoms with Crippen LogP contribution in [0, 0.1) is 0 Å². The molecule has 0 spiro atoms. The van der Waals surface area contributed by atoms with Crippen molar-refractivity contribution in [3.63, 3.8) is 0 Å².